The summed E-state index contributed by atoms with van der Waals surface area (Å²) in [6.45, 7) is 3.77. The normalized spacial score (nSPS) is 22.8. The lowest BCUT2D eigenvalue weighted by atomic mass is 9.99. The van der Waals surface area contributed by atoms with Gasteiger partial charge < -0.3 is 15.0 Å². The Balaban J connectivity index is 1.55. The van der Waals surface area contributed by atoms with Crippen molar-refractivity contribution in [3.8, 4) is 0 Å². The molecular weight excluding hydrogens is 264 g/mol. The molecule has 0 radical (unpaired) electrons. The van der Waals surface area contributed by atoms with E-state index in [1.54, 1.807) is 0 Å². The number of carbonyl (C=O) groups is 1. The third-order valence-electron chi connectivity index (χ3n) is 4.13. The third kappa shape index (κ3) is 3.71. The van der Waals surface area contributed by atoms with E-state index in [4.69, 9.17) is 4.74 Å². The summed E-state index contributed by atoms with van der Waals surface area (Å²) in [6, 6.07) is 10.6. The molecule has 1 saturated heterocycles. The summed E-state index contributed by atoms with van der Waals surface area (Å²) in [6.07, 6.45) is 3.65. The van der Waals surface area contributed by atoms with E-state index in [0.717, 1.165) is 32.7 Å². The minimum atomic E-state index is 0.172. The summed E-state index contributed by atoms with van der Waals surface area (Å²) in [5, 5.41) is 3.34. The van der Waals surface area contributed by atoms with Gasteiger partial charge in [-0.15, -0.1) is 0 Å². The molecule has 1 aromatic carbocycles. The highest BCUT2D eigenvalue weighted by molar-refractivity contribution is 5.78. The summed E-state index contributed by atoms with van der Waals surface area (Å²) in [7, 11) is 0. The van der Waals surface area contributed by atoms with Crippen LogP contribution in [0.3, 0.4) is 0 Å². The number of carbonyl (C=O) groups excluding carboxylic acids is 1. The Morgan fingerprint density at radius 3 is 2.86 bits per heavy atom. The highest BCUT2D eigenvalue weighted by Gasteiger charge is 2.22. The van der Waals surface area contributed by atoms with Gasteiger partial charge in [0.05, 0.1) is 13.2 Å². The highest BCUT2D eigenvalue weighted by Crippen LogP contribution is 2.22. The largest absolute Gasteiger partial charge is 0.378 e. The molecule has 21 heavy (non-hydrogen) atoms. The molecule has 4 heteroatoms. The summed E-state index contributed by atoms with van der Waals surface area (Å²) in [4.78, 5) is 14.3. The van der Waals surface area contributed by atoms with Crippen molar-refractivity contribution in [2.24, 2.45) is 0 Å². The molecule has 0 spiro atoms. The Bertz CT molecular complexity index is 507. The zero-order valence-electron chi connectivity index (χ0n) is 12.3. The van der Waals surface area contributed by atoms with E-state index in [9.17, 15) is 4.79 Å². The van der Waals surface area contributed by atoms with Crippen molar-refractivity contribution in [1.29, 1.82) is 0 Å². The summed E-state index contributed by atoms with van der Waals surface area (Å²) in [5.41, 5.74) is 2.62. The second-order valence-electron chi connectivity index (χ2n) is 5.62. The summed E-state index contributed by atoms with van der Waals surface area (Å²) >= 11 is 0. The van der Waals surface area contributed by atoms with Crippen molar-refractivity contribution in [2.75, 3.05) is 32.8 Å². The first-order valence-corrected chi connectivity index (χ1v) is 7.66. The molecule has 1 fully saturated rings. The molecule has 0 aliphatic carbocycles. The maximum absolute atomic E-state index is 12.3. The van der Waals surface area contributed by atoms with Crippen LogP contribution in [0.15, 0.2) is 36.4 Å². The van der Waals surface area contributed by atoms with E-state index in [-0.39, 0.29) is 11.9 Å². The van der Waals surface area contributed by atoms with Gasteiger partial charge in [-0.3, -0.25) is 4.79 Å². The molecule has 1 amide bonds. The maximum atomic E-state index is 12.3. The van der Waals surface area contributed by atoms with Crippen molar-refractivity contribution < 1.29 is 9.53 Å². The van der Waals surface area contributed by atoms with Crippen molar-refractivity contribution >= 4 is 11.5 Å². The average molecular weight is 286 g/mol. The molecule has 1 aromatic rings. The second kappa shape index (κ2) is 6.87. The van der Waals surface area contributed by atoms with Gasteiger partial charge in [-0.05, 0) is 17.6 Å². The first-order valence-electron chi connectivity index (χ1n) is 7.66. The van der Waals surface area contributed by atoms with Gasteiger partial charge in [-0.25, -0.2) is 0 Å². The molecule has 2 aliphatic rings. The first-order chi connectivity index (χ1) is 10.3. The topological polar surface area (TPSA) is 41.6 Å². The molecule has 1 unspecified atom stereocenters. The van der Waals surface area contributed by atoms with Gasteiger partial charge in [0.1, 0.15) is 0 Å². The van der Waals surface area contributed by atoms with E-state index in [1.165, 1.54) is 11.1 Å². The lowest BCUT2D eigenvalue weighted by Gasteiger charge is -2.30. The average Bonchev–Trinajstić information content (AvgIpc) is 2.57. The van der Waals surface area contributed by atoms with E-state index >= 15 is 0 Å². The van der Waals surface area contributed by atoms with Gasteiger partial charge in [0, 0.05) is 32.1 Å². The van der Waals surface area contributed by atoms with Gasteiger partial charge >= 0.3 is 0 Å². The molecule has 0 saturated carbocycles. The minimum Gasteiger partial charge on any atom is -0.378 e. The van der Waals surface area contributed by atoms with E-state index in [1.807, 2.05) is 11.0 Å². The van der Waals surface area contributed by atoms with Crippen LogP contribution in [-0.4, -0.2) is 49.7 Å². The van der Waals surface area contributed by atoms with Crippen LogP contribution in [0.1, 0.15) is 18.4 Å². The quantitative estimate of drug-likeness (QED) is 0.919. The number of morpholine rings is 1. The predicted molar refractivity (Wildman–Crippen MR) is 82.8 cm³/mol. The zero-order chi connectivity index (χ0) is 14.5. The van der Waals surface area contributed by atoms with Crippen molar-refractivity contribution in [1.82, 2.24) is 10.2 Å². The number of ether oxygens (including phenoxy) is 1. The number of nitrogens with zero attached hydrogens (tertiary/aromatic N) is 1. The van der Waals surface area contributed by atoms with E-state index < -0.39 is 0 Å². The smallest absolute Gasteiger partial charge is 0.224 e. The predicted octanol–water partition coefficient (Wildman–Crippen LogP) is 1.68. The van der Waals surface area contributed by atoms with Crippen LogP contribution >= 0.6 is 0 Å². The molecule has 3 rings (SSSR count). The minimum absolute atomic E-state index is 0.172. The number of benzene rings is 1. The second-order valence-corrected chi connectivity index (χ2v) is 5.62. The van der Waals surface area contributed by atoms with Gasteiger partial charge in [0.25, 0.3) is 0 Å². The van der Waals surface area contributed by atoms with Gasteiger partial charge in [0.2, 0.25) is 5.91 Å². The van der Waals surface area contributed by atoms with Gasteiger partial charge in [0.15, 0.2) is 0 Å². The van der Waals surface area contributed by atoms with Crippen LogP contribution in [0, 0.1) is 0 Å². The number of rotatable bonds is 3. The van der Waals surface area contributed by atoms with Gasteiger partial charge in [-0.2, -0.15) is 0 Å². The standard InChI is InChI=1S/C17H22N2O2/c20-17(12-16-13-21-11-8-18-16)19-9-6-15(7-10-19)14-4-2-1-3-5-14/h1-6,16,18H,7-13H2. The fraction of sp³-hybridized carbons (Fsp3) is 0.471. The van der Waals surface area contributed by atoms with E-state index in [0.29, 0.717) is 13.0 Å². The van der Waals surface area contributed by atoms with Crippen LogP contribution in [0.5, 0.6) is 0 Å². The monoisotopic (exact) mass is 286 g/mol. The molecule has 2 aliphatic heterocycles. The fourth-order valence-electron chi connectivity index (χ4n) is 2.90. The molecular formula is C17H22N2O2. The molecule has 2 heterocycles. The summed E-state index contributed by atoms with van der Waals surface area (Å²) in [5.74, 6) is 0.223. The first kappa shape index (κ1) is 14.3. The molecule has 0 aromatic heterocycles. The molecule has 112 valence electrons. The van der Waals surface area contributed by atoms with E-state index in [2.05, 4.69) is 35.7 Å². The van der Waals surface area contributed by atoms with Crippen molar-refractivity contribution in [3.63, 3.8) is 0 Å². The lowest BCUT2D eigenvalue weighted by molar-refractivity contribution is -0.132. The fourth-order valence-corrected chi connectivity index (χ4v) is 2.90. The number of hydrogen-bond donors (Lipinski definition) is 1. The Hall–Kier alpha value is -1.65. The molecule has 1 atom stereocenters. The molecule has 1 N–H and O–H groups in total. The van der Waals surface area contributed by atoms with Crippen molar-refractivity contribution in [3.05, 3.63) is 42.0 Å². The Labute approximate surface area is 125 Å². The number of hydrogen-bond acceptors (Lipinski definition) is 3. The summed E-state index contributed by atoms with van der Waals surface area (Å²) < 4.78 is 5.40. The Kier molecular flexibility index (Phi) is 4.68. The van der Waals surface area contributed by atoms with Crippen LogP contribution in [0.2, 0.25) is 0 Å². The Morgan fingerprint density at radius 1 is 1.33 bits per heavy atom. The molecule has 0 bridgehead atoms. The van der Waals surface area contributed by atoms with Crippen LogP contribution in [-0.2, 0) is 9.53 Å². The Morgan fingerprint density at radius 2 is 2.19 bits per heavy atom. The van der Waals surface area contributed by atoms with Crippen molar-refractivity contribution in [2.45, 2.75) is 18.9 Å². The lowest BCUT2D eigenvalue weighted by Crippen LogP contribution is -2.45. The number of amides is 1. The van der Waals surface area contributed by atoms with Crippen LogP contribution in [0.25, 0.3) is 5.57 Å². The zero-order valence-corrected chi connectivity index (χ0v) is 12.3. The van der Waals surface area contributed by atoms with Crippen LogP contribution in [0.4, 0.5) is 0 Å². The SMILES string of the molecule is O=C(CC1COCCN1)N1CC=C(c2ccccc2)CC1. The highest BCUT2D eigenvalue weighted by atomic mass is 16.5. The molecule has 4 nitrogen and oxygen atoms in total. The van der Waals surface area contributed by atoms with Crippen LogP contribution < -0.4 is 5.32 Å². The van der Waals surface area contributed by atoms with Gasteiger partial charge in [-0.1, -0.05) is 36.4 Å². The number of nitrogens with one attached hydrogen (secondary N) is 1. The third-order valence-corrected chi connectivity index (χ3v) is 4.13. The maximum Gasteiger partial charge on any atom is 0.224 e.